The second-order valence-corrected chi connectivity index (χ2v) is 6.47. The molecule has 0 aromatic carbocycles. The zero-order chi connectivity index (χ0) is 19.3. The molecule has 0 spiro atoms. The fraction of sp³-hybridized carbons (Fsp3) is 1.00. The number of aliphatic hydroxyl groups is 7. The van der Waals surface area contributed by atoms with Crippen LogP contribution in [0.1, 0.15) is 6.42 Å². The molecule has 1 aliphatic carbocycles. The molecular formula is C14H31N3O8. The van der Waals surface area contributed by atoms with E-state index in [4.69, 9.17) is 16.2 Å². The van der Waals surface area contributed by atoms with Crippen LogP contribution in [0.2, 0.25) is 0 Å². The summed E-state index contributed by atoms with van der Waals surface area (Å²) in [6.45, 7) is -1.18. The van der Waals surface area contributed by atoms with Crippen molar-refractivity contribution >= 4 is 0 Å². The average Bonchev–Trinajstić information content (AvgIpc) is 2.59. The summed E-state index contributed by atoms with van der Waals surface area (Å²) in [6, 6.07) is -1.42. The van der Waals surface area contributed by atoms with Gasteiger partial charge in [-0.15, -0.1) is 0 Å². The minimum absolute atomic E-state index is 0.201. The largest absolute Gasteiger partial charge is 0.396 e. The molecule has 0 aromatic heterocycles. The van der Waals surface area contributed by atoms with Crippen molar-refractivity contribution in [3.63, 3.8) is 0 Å². The molecule has 9 atom stereocenters. The number of rotatable bonds is 9. The average molecular weight is 369 g/mol. The lowest BCUT2D eigenvalue weighted by molar-refractivity contribution is -0.170. The SMILES string of the molecule is CNC(O)C(CO)C(O)C(O)C(O)COC1C(O)C(N)CC(N)C1O. The predicted octanol–water partition coefficient (Wildman–Crippen LogP) is -5.62. The third kappa shape index (κ3) is 5.52. The number of hydrogen-bond donors (Lipinski definition) is 10. The van der Waals surface area contributed by atoms with E-state index in [1.807, 2.05) is 0 Å². The zero-order valence-electron chi connectivity index (χ0n) is 14.1. The van der Waals surface area contributed by atoms with Crippen LogP contribution in [0.5, 0.6) is 0 Å². The van der Waals surface area contributed by atoms with Gasteiger partial charge in [0.15, 0.2) is 0 Å². The molecule has 1 rings (SSSR count). The Balaban J connectivity index is 2.63. The summed E-state index contributed by atoms with van der Waals surface area (Å²) in [6.07, 6.45) is -9.69. The van der Waals surface area contributed by atoms with Gasteiger partial charge in [0.2, 0.25) is 0 Å². The summed E-state index contributed by atoms with van der Waals surface area (Å²) in [7, 11) is 1.39. The van der Waals surface area contributed by atoms with Crippen LogP contribution in [0.15, 0.2) is 0 Å². The van der Waals surface area contributed by atoms with Crippen LogP contribution in [0.4, 0.5) is 0 Å². The van der Waals surface area contributed by atoms with Crippen LogP contribution in [0.25, 0.3) is 0 Å². The standard InChI is InChI=1S/C14H31N3O8/c1-17-14(24)5(3-18)9(20)12(23)8(19)4-25-13-10(21)6(15)2-7(16)11(13)22/h5-14,17-24H,2-4,15-16H2,1H3. The Morgan fingerprint density at radius 2 is 1.56 bits per heavy atom. The van der Waals surface area contributed by atoms with Gasteiger partial charge in [0.05, 0.1) is 37.4 Å². The number of nitrogens with two attached hydrogens (primary N) is 2. The lowest BCUT2D eigenvalue weighted by atomic mass is 9.84. The number of nitrogens with one attached hydrogen (secondary N) is 1. The third-order valence-electron chi connectivity index (χ3n) is 4.65. The van der Waals surface area contributed by atoms with Gasteiger partial charge in [-0.1, -0.05) is 0 Å². The highest BCUT2D eigenvalue weighted by Crippen LogP contribution is 2.22. The molecule has 11 nitrogen and oxygen atoms in total. The smallest absolute Gasteiger partial charge is 0.112 e. The Bertz CT molecular complexity index is 379. The van der Waals surface area contributed by atoms with Crippen molar-refractivity contribution in [2.24, 2.45) is 17.4 Å². The Morgan fingerprint density at radius 1 is 1.04 bits per heavy atom. The van der Waals surface area contributed by atoms with Gasteiger partial charge in [0, 0.05) is 12.1 Å². The van der Waals surface area contributed by atoms with E-state index >= 15 is 0 Å². The van der Waals surface area contributed by atoms with Crippen LogP contribution in [-0.2, 0) is 4.74 Å². The van der Waals surface area contributed by atoms with Gasteiger partial charge in [0.25, 0.3) is 0 Å². The Morgan fingerprint density at radius 3 is 2.00 bits per heavy atom. The first-order valence-corrected chi connectivity index (χ1v) is 8.14. The molecule has 0 aromatic rings. The summed E-state index contributed by atoms with van der Waals surface area (Å²) in [5.74, 6) is -1.15. The zero-order valence-corrected chi connectivity index (χ0v) is 14.1. The highest BCUT2D eigenvalue weighted by molar-refractivity contribution is 4.97. The van der Waals surface area contributed by atoms with E-state index in [0.29, 0.717) is 0 Å². The maximum absolute atomic E-state index is 10.0. The molecule has 11 heteroatoms. The van der Waals surface area contributed by atoms with Gasteiger partial charge in [-0.25, -0.2) is 0 Å². The van der Waals surface area contributed by atoms with Crippen molar-refractivity contribution < 1.29 is 40.5 Å². The summed E-state index contributed by atoms with van der Waals surface area (Å²) < 4.78 is 5.26. The Labute approximate surface area is 145 Å². The lowest BCUT2D eigenvalue weighted by Crippen LogP contribution is -2.62. The maximum Gasteiger partial charge on any atom is 0.112 e. The summed E-state index contributed by atoms with van der Waals surface area (Å²) in [4.78, 5) is 0. The van der Waals surface area contributed by atoms with E-state index in [9.17, 15) is 35.7 Å². The first kappa shape index (κ1) is 22.6. The summed E-state index contributed by atoms with van der Waals surface area (Å²) >= 11 is 0. The molecule has 1 saturated carbocycles. The van der Waals surface area contributed by atoms with Gasteiger partial charge in [0.1, 0.15) is 24.5 Å². The lowest BCUT2D eigenvalue weighted by Gasteiger charge is -2.40. The molecule has 0 amide bonds. The van der Waals surface area contributed by atoms with Gasteiger partial charge in [-0.05, 0) is 13.5 Å². The fourth-order valence-electron chi connectivity index (χ4n) is 2.88. The van der Waals surface area contributed by atoms with Gasteiger partial charge in [-0.2, -0.15) is 0 Å². The molecule has 0 saturated heterocycles. The quantitative estimate of drug-likeness (QED) is 0.173. The molecule has 1 fully saturated rings. The monoisotopic (exact) mass is 369 g/mol. The molecule has 0 heterocycles. The van der Waals surface area contributed by atoms with Crippen molar-refractivity contribution in [3.05, 3.63) is 0 Å². The molecule has 9 unspecified atom stereocenters. The highest BCUT2D eigenvalue weighted by atomic mass is 16.5. The normalized spacial score (nSPS) is 36.5. The van der Waals surface area contributed by atoms with Crippen molar-refractivity contribution in [1.29, 1.82) is 0 Å². The Kier molecular flexibility index (Phi) is 9.08. The van der Waals surface area contributed by atoms with Crippen molar-refractivity contribution in [1.82, 2.24) is 5.32 Å². The molecule has 0 radical (unpaired) electrons. The number of hydrogen-bond acceptors (Lipinski definition) is 11. The fourth-order valence-corrected chi connectivity index (χ4v) is 2.88. The van der Waals surface area contributed by atoms with Crippen LogP contribution < -0.4 is 16.8 Å². The van der Waals surface area contributed by atoms with Crippen LogP contribution in [-0.4, -0.2) is 111 Å². The third-order valence-corrected chi connectivity index (χ3v) is 4.65. The second kappa shape index (κ2) is 10.0. The number of aliphatic hydroxyl groups excluding tert-OH is 7. The van der Waals surface area contributed by atoms with Crippen molar-refractivity contribution in [2.45, 2.75) is 61.4 Å². The van der Waals surface area contributed by atoms with E-state index in [1.54, 1.807) is 0 Å². The second-order valence-electron chi connectivity index (χ2n) is 6.47. The predicted molar refractivity (Wildman–Crippen MR) is 86.0 cm³/mol. The van der Waals surface area contributed by atoms with Crippen LogP contribution >= 0.6 is 0 Å². The molecule has 0 aliphatic heterocycles. The molecule has 0 bridgehead atoms. The van der Waals surface area contributed by atoms with Crippen molar-refractivity contribution in [3.8, 4) is 0 Å². The maximum atomic E-state index is 10.0. The van der Waals surface area contributed by atoms with Gasteiger partial charge in [-0.3, -0.25) is 5.32 Å². The molecule has 150 valence electrons. The van der Waals surface area contributed by atoms with E-state index in [2.05, 4.69) is 5.32 Å². The topological polar surface area (TPSA) is 215 Å². The van der Waals surface area contributed by atoms with Gasteiger partial charge >= 0.3 is 0 Å². The summed E-state index contributed by atoms with van der Waals surface area (Å²) in [5, 5.41) is 71.2. The van der Waals surface area contributed by atoms with Gasteiger partial charge < -0.3 is 51.9 Å². The minimum atomic E-state index is -1.75. The summed E-state index contributed by atoms with van der Waals surface area (Å²) in [5.41, 5.74) is 11.4. The minimum Gasteiger partial charge on any atom is -0.396 e. The first-order chi connectivity index (χ1) is 11.6. The molecule has 1 aliphatic rings. The first-order valence-electron chi connectivity index (χ1n) is 8.14. The van der Waals surface area contributed by atoms with Crippen LogP contribution in [0, 0.1) is 5.92 Å². The molecule has 12 N–H and O–H groups in total. The molecular weight excluding hydrogens is 338 g/mol. The highest BCUT2D eigenvalue weighted by Gasteiger charge is 2.42. The van der Waals surface area contributed by atoms with Crippen LogP contribution in [0.3, 0.4) is 0 Å². The Hall–Kier alpha value is -0.440. The van der Waals surface area contributed by atoms with E-state index in [0.717, 1.165) is 0 Å². The molecule has 25 heavy (non-hydrogen) atoms. The van der Waals surface area contributed by atoms with E-state index in [1.165, 1.54) is 7.05 Å². The van der Waals surface area contributed by atoms with Crippen molar-refractivity contribution in [2.75, 3.05) is 20.3 Å². The van der Waals surface area contributed by atoms with E-state index in [-0.39, 0.29) is 6.42 Å². The number of ether oxygens (including phenoxy) is 1. The van der Waals surface area contributed by atoms with E-state index < -0.39 is 74.1 Å².